The number of para-hydroxylation sites is 2. The molecular formula is C24H23N5O. The van der Waals surface area contributed by atoms with Crippen molar-refractivity contribution in [3.63, 3.8) is 0 Å². The standard InChI is InChI=1S/C24H23N5O/c25-14-20-13-17(16-29-11-3-4-12-29)15-27-23(20)18-7-9-19(10-8-18)24(30)28-22-6-2-1-5-21(22)26/h1-2,5-10,13,15H,3-4,11-12,16,26H2,(H,28,30). The second-order valence-corrected chi connectivity index (χ2v) is 7.45. The number of anilines is 2. The maximum absolute atomic E-state index is 12.5. The number of nitrogens with one attached hydrogen (secondary N) is 1. The highest BCUT2D eigenvalue weighted by molar-refractivity contribution is 6.05. The fourth-order valence-corrected chi connectivity index (χ4v) is 3.69. The molecule has 0 radical (unpaired) electrons. The molecule has 30 heavy (non-hydrogen) atoms. The van der Waals surface area contributed by atoms with Gasteiger partial charge < -0.3 is 11.1 Å². The van der Waals surface area contributed by atoms with Crippen molar-refractivity contribution in [2.45, 2.75) is 19.4 Å². The highest BCUT2D eigenvalue weighted by Gasteiger charge is 2.15. The van der Waals surface area contributed by atoms with Crippen molar-refractivity contribution in [1.82, 2.24) is 9.88 Å². The minimum absolute atomic E-state index is 0.242. The molecule has 2 heterocycles. The number of carbonyl (C=O) groups is 1. The number of hydrogen-bond donors (Lipinski definition) is 2. The van der Waals surface area contributed by atoms with E-state index in [2.05, 4.69) is 21.3 Å². The molecule has 0 atom stereocenters. The van der Waals surface area contributed by atoms with Gasteiger partial charge in [-0.25, -0.2) is 0 Å². The van der Waals surface area contributed by atoms with Crippen LogP contribution in [0.1, 0.15) is 34.3 Å². The quantitative estimate of drug-likeness (QED) is 0.633. The van der Waals surface area contributed by atoms with E-state index in [0.29, 0.717) is 28.2 Å². The fraction of sp³-hybridized carbons (Fsp3) is 0.208. The van der Waals surface area contributed by atoms with Crippen molar-refractivity contribution in [1.29, 1.82) is 5.26 Å². The second-order valence-electron chi connectivity index (χ2n) is 7.45. The first-order valence-electron chi connectivity index (χ1n) is 10.0. The van der Waals surface area contributed by atoms with Crippen LogP contribution in [0.5, 0.6) is 0 Å². The number of benzene rings is 2. The van der Waals surface area contributed by atoms with E-state index >= 15 is 0 Å². The summed E-state index contributed by atoms with van der Waals surface area (Å²) in [6.45, 7) is 3.02. The highest BCUT2D eigenvalue weighted by atomic mass is 16.1. The number of hydrogen-bond acceptors (Lipinski definition) is 5. The molecule has 1 aromatic heterocycles. The lowest BCUT2D eigenvalue weighted by Crippen LogP contribution is -2.18. The van der Waals surface area contributed by atoms with Crippen LogP contribution in [-0.4, -0.2) is 28.9 Å². The van der Waals surface area contributed by atoms with Crippen molar-refractivity contribution in [2.75, 3.05) is 24.1 Å². The van der Waals surface area contributed by atoms with Gasteiger partial charge in [0.15, 0.2) is 0 Å². The monoisotopic (exact) mass is 397 g/mol. The zero-order valence-electron chi connectivity index (χ0n) is 16.6. The number of aromatic nitrogens is 1. The van der Waals surface area contributed by atoms with E-state index in [1.54, 1.807) is 24.3 Å². The topological polar surface area (TPSA) is 95.0 Å². The summed E-state index contributed by atoms with van der Waals surface area (Å²) in [5.41, 5.74) is 10.5. The Kier molecular flexibility index (Phi) is 5.73. The number of likely N-dealkylation sites (tertiary alicyclic amines) is 1. The SMILES string of the molecule is N#Cc1cc(CN2CCCC2)cnc1-c1ccc(C(=O)Nc2ccccc2N)cc1. The van der Waals surface area contributed by atoms with Crippen LogP contribution in [0.2, 0.25) is 0 Å². The van der Waals surface area contributed by atoms with Crippen LogP contribution in [0.25, 0.3) is 11.3 Å². The number of nitriles is 1. The molecule has 1 amide bonds. The minimum atomic E-state index is -0.242. The number of nitrogen functional groups attached to an aromatic ring is 1. The first kappa shape index (κ1) is 19.6. The third kappa shape index (κ3) is 4.32. The molecule has 1 aliphatic rings. The van der Waals surface area contributed by atoms with E-state index in [0.717, 1.165) is 30.8 Å². The molecule has 6 heteroatoms. The third-order valence-corrected chi connectivity index (χ3v) is 5.30. The Bertz CT molecular complexity index is 1100. The van der Waals surface area contributed by atoms with Gasteiger partial charge in [-0.05, 0) is 61.8 Å². The van der Waals surface area contributed by atoms with Gasteiger partial charge >= 0.3 is 0 Å². The Morgan fingerprint density at radius 1 is 1.13 bits per heavy atom. The van der Waals surface area contributed by atoms with Crippen molar-refractivity contribution < 1.29 is 4.79 Å². The second kappa shape index (κ2) is 8.76. The predicted octanol–water partition coefficient (Wildman–Crippen LogP) is 4.05. The van der Waals surface area contributed by atoms with Gasteiger partial charge in [-0.1, -0.05) is 24.3 Å². The maximum atomic E-state index is 12.5. The Morgan fingerprint density at radius 3 is 2.57 bits per heavy atom. The zero-order chi connectivity index (χ0) is 20.9. The average Bonchev–Trinajstić information content (AvgIpc) is 3.28. The van der Waals surface area contributed by atoms with Crippen LogP contribution in [0.3, 0.4) is 0 Å². The Hall–Kier alpha value is -3.69. The Balaban J connectivity index is 1.51. The fourth-order valence-electron chi connectivity index (χ4n) is 3.69. The summed E-state index contributed by atoms with van der Waals surface area (Å²) >= 11 is 0. The first-order valence-corrected chi connectivity index (χ1v) is 10.0. The van der Waals surface area contributed by atoms with Gasteiger partial charge in [-0.3, -0.25) is 14.7 Å². The number of nitrogens with two attached hydrogens (primary N) is 1. The van der Waals surface area contributed by atoms with E-state index in [9.17, 15) is 10.1 Å². The molecule has 2 aromatic carbocycles. The summed E-state index contributed by atoms with van der Waals surface area (Å²) in [5, 5.41) is 12.4. The van der Waals surface area contributed by atoms with E-state index in [1.807, 2.05) is 36.5 Å². The molecule has 1 fully saturated rings. The van der Waals surface area contributed by atoms with Crippen molar-refractivity contribution in [3.8, 4) is 17.3 Å². The molecule has 0 saturated carbocycles. The van der Waals surface area contributed by atoms with Gasteiger partial charge in [-0.2, -0.15) is 5.26 Å². The van der Waals surface area contributed by atoms with E-state index in [1.165, 1.54) is 12.8 Å². The van der Waals surface area contributed by atoms with Crippen LogP contribution in [0.4, 0.5) is 11.4 Å². The molecule has 6 nitrogen and oxygen atoms in total. The number of rotatable bonds is 5. The minimum Gasteiger partial charge on any atom is -0.397 e. The molecule has 4 rings (SSSR count). The van der Waals surface area contributed by atoms with E-state index in [-0.39, 0.29) is 5.91 Å². The van der Waals surface area contributed by atoms with Gasteiger partial charge in [0.05, 0.1) is 22.6 Å². The number of pyridine rings is 1. The van der Waals surface area contributed by atoms with Crippen LogP contribution < -0.4 is 11.1 Å². The summed E-state index contributed by atoms with van der Waals surface area (Å²) in [4.78, 5) is 19.4. The summed E-state index contributed by atoms with van der Waals surface area (Å²) in [5.74, 6) is -0.242. The lowest BCUT2D eigenvalue weighted by molar-refractivity contribution is 0.102. The smallest absolute Gasteiger partial charge is 0.255 e. The Labute approximate surface area is 176 Å². The zero-order valence-corrected chi connectivity index (χ0v) is 16.6. The van der Waals surface area contributed by atoms with Crippen molar-refractivity contribution in [2.24, 2.45) is 0 Å². The molecule has 3 aromatic rings. The van der Waals surface area contributed by atoms with Gasteiger partial charge in [0.2, 0.25) is 0 Å². The molecule has 1 saturated heterocycles. The Morgan fingerprint density at radius 2 is 1.87 bits per heavy atom. The molecule has 0 bridgehead atoms. The molecule has 0 spiro atoms. The summed E-state index contributed by atoms with van der Waals surface area (Å²) < 4.78 is 0. The number of carbonyl (C=O) groups excluding carboxylic acids is 1. The largest absolute Gasteiger partial charge is 0.397 e. The predicted molar refractivity (Wildman–Crippen MR) is 118 cm³/mol. The van der Waals surface area contributed by atoms with Gasteiger partial charge in [-0.15, -0.1) is 0 Å². The van der Waals surface area contributed by atoms with Crippen LogP contribution in [0.15, 0.2) is 60.8 Å². The maximum Gasteiger partial charge on any atom is 0.255 e. The normalized spacial score (nSPS) is 13.7. The highest BCUT2D eigenvalue weighted by Crippen LogP contribution is 2.24. The molecular weight excluding hydrogens is 374 g/mol. The summed E-state index contributed by atoms with van der Waals surface area (Å²) in [6, 6.07) is 18.4. The van der Waals surface area contributed by atoms with Gasteiger partial charge in [0.1, 0.15) is 6.07 Å². The number of nitrogens with zero attached hydrogens (tertiary/aromatic N) is 3. The molecule has 0 aliphatic carbocycles. The van der Waals surface area contributed by atoms with Crippen molar-refractivity contribution in [3.05, 3.63) is 77.5 Å². The lowest BCUT2D eigenvalue weighted by Gasteiger charge is -2.15. The molecule has 0 unspecified atom stereocenters. The molecule has 3 N–H and O–H groups in total. The lowest BCUT2D eigenvalue weighted by atomic mass is 10.0. The van der Waals surface area contributed by atoms with E-state index < -0.39 is 0 Å². The van der Waals surface area contributed by atoms with Gasteiger partial charge in [0.25, 0.3) is 5.91 Å². The van der Waals surface area contributed by atoms with Crippen molar-refractivity contribution >= 4 is 17.3 Å². The summed E-state index contributed by atoms with van der Waals surface area (Å²) in [6.07, 6.45) is 4.30. The van der Waals surface area contributed by atoms with Gasteiger partial charge in [0, 0.05) is 23.9 Å². The molecule has 150 valence electrons. The van der Waals surface area contributed by atoms with E-state index in [4.69, 9.17) is 5.73 Å². The first-order chi connectivity index (χ1) is 14.6. The van der Waals surface area contributed by atoms with Crippen LogP contribution in [-0.2, 0) is 6.54 Å². The third-order valence-electron chi connectivity index (χ3n) is 5.30. The molecule has 1 aliphatic heterocycles. The van der Waals surface area contributed by atoms with Crippen LogP contribution in [0, 0.1) is 11.3 Å². The van der Waals surface area contributed by atoms with Crippen LogP contribution >= 0.6 is 0 Å². The number of amides is 1. The average molecular weight is 397 g/mol. The summed E-state index contributed by atoms with van der Waals surface area (Å²) in [7, 11) is 0.